The van der Waals surface area contributed by atoms with Crippen LogP contribution in [-0.4, -0.2) is 0 Å². The molecular weight excluding hydrogens is 312 g/mol. The van der Waals surface area contributed by atoms with Crippen LogP contribution in [0.2, 0.25) is 0 Å². The third kappa shape index (κ3) is 3.37. The lowest BCUT2D eigenvalue weighted by molar-refractivity contribution is 0.585. The Bertz CT molecular complexity index is 1060. The second kappa shape index (κ2) is 7.74. The van der Waals surface area contributed by atoms with E-state index in [4.69, 9.17) is 0 Å². The Morgan fingerprint density at radius 2 is 1.46 bits per heavy atom. The number of fused-ring (bicyclic) bond motifs is 4. The maximum atomic E-state index is 2.50. The van der Waals surface area contributed by atoms with E-state index in [2.05, 4.69) is 55.5 Å². The van der Waals surface area contributed by atoms with Gasteiger partial charge in [-0.2, -0.15) is 0 Å². The van der Waals surface area contributed by atoms with Gasteiger partial charge in [-0.3, -0.25) is 0 Å². The first-order chi connectivity index (χ1) is 12.9. The van der Waals surface area contributed by atoms with Crippen LogP contribution >= 0.6 is 0 Å². The fourth-order valence-corrected chi connectivity index (χ4v) is 4.15. The van der Waals surface area contributed by atoms with Crippen molar-refractivity contribution in [3.8, 4) is 0 Å². The third-order valence-electron chi connectivity index (χ3n) is 5.62. The smallest absolute Gasteiger partial charge is 0.00791 e. The summed E-state index contributed by atoms with van der Waals surface area (Å²) < 4.78 is 0. The molecule has 0 heterocycles. The molecule has 2 aliphatic carbocycles. The highest BCUT2D eigenvalue weighted by Crippen LogP contribution is 2.22. The number of hydrogen-bond donors (Lipinski definition) is 0. The molecule has 0 nitrogen and oxygen atoms in total. The van der Waals surface area contributed by atoms with Crippen LogP contribution in [0.15, 0.2) is 72.8 Å². The summed E-state index contributed by atoms with van der Waals surface area (Å²) in [5.41, 5.74) is 3.19. The zero-order chi connectivity index (χ0) is 17.8. The molecule has 3 aromatic rings. The molecule has 0 saturated carbocycles. The Hall–Kier alpha value is -2.60. The van der Waals surface area contributed by atoms with Gasteiger partial charge in [0.15, 0.2) is 0 Å². The van der Waals surface area contributed by atoms with Crippen LogP contribution in [0.5, 0.6) is 0 Å². The lowest BCUT2D eigenvalue weighted by Gasteiger charge is -2.20. The van der Waals surface area contributed by atoms with Crippen LogP contribution in [0.3, 0.4) is 0 Å². The van der Waals surface area contributed by atoms with Crippen molar-refractivity contribution in [3.05, 3.63) is 105 Å². The first-order valence-corrected chi connectivity index (χ1v) is 9.79. The van der Waals surface area contributed by atoms with Gasteiger partial charge in [0.05, 0.1) is 0 Å². The fourth-order valence-electron chi connectivity index (χ4n) is 4.15. The number of benzene rings is 3. The average Bonchev–Trinajstić information content (AvgIpc) is 2.74. The largest absolute Gasteiger partial charge is 0.0739 e. The molecule has 130 valence electrons. The first-order valence-electron chi connectivity index (χ1n) is 9.79. The molecule has 0 N–H and O–H groups in total. The lowest BCUT2D eigenvalue weighted by Crippen LogP contribution is -2.22. The molecule has 3 aromatic carbocycles. The summed E-state index contributed by atoms with van der Waals surface area (Å²) in [6.45, 7) is 2.30. The summed E-state index contributed by atoms with van der Waals surface area (Å²) in [6.07, 6.45) is 9.83. The highest BCUT2D eigenvalue weighted by molar-refractivity contribution is 5.48. The molecule has 1 atom stereocenters. The van der Waals surface area contributed by atoms with Crippen LogP contribution in [0, 0.1) is 16.4 Å². The third-order valence-corrected chi connectivity index (χ3v) is 5.62. The summed E-state index contributed by atoms with van der Waals surface area (Å²) in [5, 5.41) is 5.76. The van der Waals surface area contributed by atoms with Crippen molar-refractivity contribution in [2.75, 3.05) is 0 Å². The van der Waals surface area contributed by atoms with Crippen molar-refractivity contribution in [3.63, 3.8) is 0 Å². The van der Waals surface area contributed by atoms with Gasteiger partial charge in [-0.1, -0.05) is 91.9 Å². The van der Waals surface area contributed by atoms with Gasteiger partial charge in [0, 0.05) is 0 Å². The number of hydrogen-bond acceptors (Lipinski definition) is 0. The minimum atomic E-state index is 0.778. The Kier molecular flexibility index (Phi) is 5.02. The van der Waals surface area contributed by atoms with Gasteiger partial charge >= 0.3 is 0 Å². The molecular formula is C26H26. The van der Waals surface area contributed by atoms with Gasteiger partial charge in [0.2, 0.25) is 0 Å². The Morgan fingerprint density at radius 1 is 0.731 bits per heavy atom. The molecule has 0 aliphatic heterocycles. The van der Waals surface area contributed by atoms with E-state index in [-0.39, 0.29) is 0 Å². The predicted octanol–water partition coefficient (Wildman–Crippen LogP) is 4.75. The molecule has 0 bridgehead atoms. The fraction of sp³-hybridized carbons (Fsp3) is 0.231. The maximum absolute atomic E-state index is 2.50. The van der Waals surface area contributed by atoms with E-state index in [1.165, 1.54) is 40.1 Å². The van der Waals surface area contributed by atoms with E-state index < -0.39 is 0 Å². The minimum absolute atomic E-state index is 0.778. The molecule has 0 unspecified atom stereocenters. The minimum Gasteiger partial charge on any atom is -0.0739 e. The van der Waals surface area contributed by atoms with E-state index in [0.717, 1.165) is 12.3 Å². The average molecular weight is 338 g/mol. The normalized spacial score (nSPS) is 16.6. The summed E-state index contributed by atoms with van der Waals surface area (Å²) in [7, 11) is 0. The van der Waals surface area contributed by atoms with E-state index in [1.807, 2.05) is 36.4 Å². The summed E-state index contributed by atoms with van der Waals surface area (Å²) in [5.74, 6) is 0.778. The Labute approximate surface area is 155 Å². The van der Waals surface area contributed by atoms with Gasteiger partial charge in [-0.25, -0.2) is 0 Å². The zero-order valence-corrected chi connectivity index (χ0v) is 15.5. The van der Waals surface area contributed by atoms with Gasteiger partial charge in [0.25, 0.3) is 0 Å². The molecule has 5 rings (SSSR count). The van der Waals surface area contributed by atoms with Gasteiger partial charge in [0.1, 0.15) is 0 Å². The molecule has 0 heteroatoms. The van der Waals surface area contributed by atoms with Gasteiger partial charge in [-0.05, 0) is 63.6 Å². The van der Waals surface area contributed by atoms with Crippen molar-refractivity contribution in [2.24, 2.45) is 5.92 Å². The monoisotopic (exact) mass is 338 g/mol. The Balaban J connectivity index is 0.000000240. The van der Waals surface area contributed by atoms with E-state index in [1.54, 1.807) is 11.1 Å². The summed E-state index contributed by atoms with van der Waals surface area (Å²) >= 11 is 0. The van der Waals surface area contributed by atoms with Gasteiger partial charge in [-0.15, -0.1) is 0 Å². The molecule has 26 heavy (non-hydrogen) atoms. The van der Waals surface area contributed by atoms with Crippen LogP contribution < -0.4 is 10.4 Å². The quantitative estimate of drug-likeness (QED) is 0.601. The molecule has 2 aliphatic rings. The van der Waals surface area contributed by atoms with Gasteiger partial charge < -0.3 is 0 Å². The van der Waals surface area contributed by atoms with E-state index in [9.17, 15) is 0 Å². The molecule has 0 spiro atoms. The lowest BCUT2D eigenvalue weighted by atomic mass is 9.84. The predicted molar refractivity (Wildman–Crippen MR) is 111 cm³/mol. The van der Waals surface area contributed by atoms with Crippen LogP contribution in [-0.2, 0) is 12.8 Å². The van der Waals surface area contributed by atoms with E-state index in [0.29, 0.717) is 0 Å². The first kappa shape index (κ1) is 16.8. The maximum Gasteiger partial charge on any atom is -0.00791 e. The van der Waals surface area contributed by atoms with Crippen LogP contribution in [0.4, 0.5) is 0 Å². The molecule has 0 radical (unpaired) electrons. The van der Waals surface area contributed by atoms with Crippen molar-refractivity contribution in [2.45, 2.75) is 32.6 Å². The molecule has 0 fully saturated rings. The second-order valence-electron chi connectivity index (χ2n) is 7.18. The summed E-state index contributed by atoms with van der Waals surface area (Å²) in [6, 6.07) is 25.5. The van der Waals surface area contributed by atoms with Crippen LogP contribution in [0.1, 0.15) is 30.9 Å². The highest BCUT2D eigenvalue weighted by atomic mass is 14.2. The van der Waals surface area contributed by atoms with Crippen molar-refractivity contribution in [1.82, 2.24) is 0 Å². The van der Waals surface area contributed by atoms with Crippen molar-refractivity contribution in [1.29, 1.82) is 0 Å². The highest BCUT2D eigenvalue weighted by Gasteiger charge is 2.15. The second-order valence-corrected chi connectivity index (χ2v) is 7.18. The van der Waals surface area contributed by atoms with Crippen molar-refractivity contribution < 1.29 is 0 Å². The number of rotatable bonds is 1. The zero-order valence-electron chi connectivity index (χ0n) is 15.5. The topological polar surface area (TPSA) is 0 Å². The molecule has 0 aromatic heterocycles. The van der Waals surface area contributed by atoms with E-state index >= 15 is 0 Å². The molecule has 0 saturated heterocycles. The molecule has 0 amide bonds. The van der Waals surface area contributed by atoms with Crippen molar-refractivity contribution >= 4 is 12.2 Å². The standard InChI is InChI=1S/C20H20.C6H6/c1-2-14-7-10-18-16(13-14)9-12-19-17-6-4-3-5-15(17)8-11-20(18)19;1-2-4-6-5-3-1/h3-6,8-9,12-14H,2,7,10-11H2,1H3;1-6H/t14-;/m1./s1. The summed E-state index contributed by atoms with van der Waals surface area (Å²) in [4.78, 5) is 0. The SMILES string of the molecule is CC[C@H]1C=c2ccc3c(c2CC1)CC=c1ccccc1=3.c1ccccc1. The Morgan fingerprint density at radius 3 is 2.19 bits per heavy atom. The van der Waals surface area contributed by atoms with Crippen LogP contribution in [0.25, 0.3) is 12.2 Å².